The molecule has 30 heavy (non-hydrogen) atoms. The highest BCUT2D eigenvalue weighted by molar-refractivity contribution is 7.91. The van der Waals surface area contributed by atoms with E-state index in [4.69, 9.17) is 20.8 Å². The first-order valence-corrected chi connectivity index (χ1v) is 11.4. The molecule has 4 rings (SSSR count). The zero-order valence-corrected chi connectivity index (χ0v) is 17.3. The summed E-state index contributed by atoms with van der Waals surface area (Å²) in [6.07, 6.45) is 1.79. The Morgan fingerprint density at radius 1 is 1.20 bits per heavy atom. The SMILES string of the molecule is O=C(COc1ccc2c(=O)c(-c3ccc(Cl)cc3)coc2c1)N[C@@H]1CCS(=O)(=O)C1. The van der Waals surface area contributed by atoms with E-state index in [2.05, 4.69) is 5.32 Å². The van der Waals surface area contributed by atoms with Crippen LogP contribution in [-0.2, 0) is 14.6 Å². The van der Waals surface area contributed by atoms with Crippen molar-refractivity contribution in [2.45, 2.75) is 12.5 Å². The number of halogens is 1. The third-order valence-electron chi connectivity index (χ3n) is 4.87. The van der Waals surface area contributed by atoms with Gasteiger partial charge in [-0.1, -0.05) is 23.7 Å². The average Bonchev–Trinajstić information content (AvgIpc) is 3.05. The summed E-state index contributed by atoms with van der Waals surface area (Å²) in [5.41, 5.74) is 1.25. The van der Waals surface area contributed by atoms with Gasteiger partial charge >= 0.3 is 0 Å². The Morgan fingerprint density at radius 3 is 2.67 bits per heavy atom. The average molecular weight is 448 g/mol. The molecule has 0 radical (unpaired) electrons. The molecule has 2 aromatic carbocycles. The molecule has 0 bridgehead atoms. The van der Waals surface area contributed by atoms with E-state index in [0.29, 0.717) is 39.3 Å². The fourth-order valence-electron chi connectivity index (χ4n) is 3.35. The Kier molecular flexibility index (Phi) is 5.53. The molecule has 1 saturated heterocycles. The van der Waals surface area contributed by atoms with Crippen LogP contribution in [0, 0.1) is 0 Å². The van der Waals surface area contributed by atoms with Crippen LogP contribution in [0.2, 0.25) is 5.02 Å². The smallest absolute Gasteiger partial charge is 0.258 e. The number of hydrogen-bond donors (Lipinski definition) is 1. The fraction of sp³-hybridized carbons (Fsp3) is 0.238. The highest BCUT2D eigenvalue weighted by atomic mass is 35.5. The first-order valence-electron chi connectivity index (χ1n) is 9.25. The van der Waals surface area contributed by atoms with Crippen LogP contribution in [0.4, 0.5) is 0 Å². The molecular weight excluding hydrogens is 430 g/mol. The van der Waals surface area contributed by atoms with Gasteiger partial charge < -0.3 is 14.5 Å². The molecule has 7 nitrogen and oxygen atoms in total. The zero-order valence-electron chi connectivity index (χ0n) is 15.8. The maximum atomic E-state index is 12.8. The predicted molar refractivity (Wildman–Crippen MR) is 114 cm³/mol. The first-order chi connectivity index (χ1) is 14.3. The van der Waals surface area contributed by atoms with E-state index in [1.165, 1.54) is 12.3 Å². The highest BCUT2D eigenvalue weighted by Gasteiger charge is 2.28. The number of sulfone groups is 1. The van der Waals surface area contributed by atoms with E-state index >= 15 is 0 Å². The molecule has 0 aliphatic carbocycles. The number of fused-ring (bicyclic) bond motifs is 1. The second-order valence-corrected chi connectivity index (χ2v) is 9.76. The van der Waals surface area contributed by atoms with Gasteiger partial charge in [-0.2, -0.15) is 0 Å². The minimum atomic E-state index is -3.07. The lowest BCUT2D eigenvalue weighted by molar-refractivity contribution is -0.123. The third kappa shape index (κ3) is 4.49. The van der Waals surface area contributed by atoms with Gasteiger partial charge in [-0.15, -0.1) is 0 Å². The van der Waals surface area contributed by atoms with Gasteiger partial charge in [0.25, 0.3) is 5.91 Å². The number of hydrogen-bond acceptors (Lipinski definition) is 6. The maximum absolute atomic E-state index is 12.8. The summed E-state index contributed by atoms with van der Waals surface area (Å²) in [7, 11) is -3.07. The zero-order chi connectivity index (χ0) is 21.3. The lowest BCUT2D eigenvalue weighted by Crippen LogP contribution is -2.38. The van der Waals surface area contributed by atoms with Crippen LogP contribution in [0.25, 0.3) is 22.1 Å². The normalized spacial score (nSPS) is 17.7. The number of benzene rings is 2. The van der Waals surface area contributed by atoms with Gasteiger partial charge in [0.2, 0.25) is 0 Å². The van der Waals surface area contributed by atoms with E-state index < -0.39 is 15.7 Å². The molecule has 156 valence electrons. The van der Waals surface area contributed by atoms with Crippen LogP contribution >= 0.6 is 11.6 Å². The van der Waals surface area contributed by atoms with E-state index in [0.717, 1.165) is 0 Å². The molecule has 0 spiro atoms. The van der Waals surface area contributed by atoms with Gasteiger partial charge in [-0.3, -0.25) is 9.59 Å². The summed E-state index contributed by atoms with van der Waals surface area (Å²) < 4.78 is 34.0. The standard InChI is InChI=1S/C21H18ClNO6S/c22-14-3-1-13(2-4-14)18-10-29-19-9-16(5-6-17(19)21(18)25)28-11-20(24)23-15-7-8-30(26,27)12-15/h1-6,9-10,15H,7-8,11-12H2,(H,23,24)/t15-/m1/s1. The van der Waals surface area contributed by atoms with Crippen LogP contribution in [-0.4, -0.2) is 38.5 Å². The second kappa shape index (κ2) is 8.12. The van der Waals surface area contributed by atoms with Gasteiger partial charge in [-0.25, -0.2) is 8.42 Å². The molecule has 2 heterocycles. The van der Waals surface area contributed by atoms with Crippen molar-refractivity contribution in [1.82, 2.24) is 5.32 Å². The van der Waals surface area contributed by atoms with Gasteiger partial charge in [-0.05, 0) is 36.2 Å². The summed E-state index contributed by atoms with van der Waals surface area (Å²) in [5.74, 6) is -0.00750. The quantitative estimate of drug-likeness (QED) is 0.645. The molecule has 1 aliphatic rings. The largest absolute Gasteiger partial charge is 0.484 e. The summed E-state index contributed by atoms with van der Waals surface area (Å²) in [6, 6.07) is 11.2. The van der Waals surface area contributed by atoms with Gasteiger partial charge in [0.15, 0.2) is 21.9 Å². The van der Waals surface area contributed by atoms with Crippen molar-refractivity contribution in [2.24, 2.45) is 0 Å². The number of ether oxygens (including phenoxy) is 1. The van der Waals surface area contributed by atoms with Crippen LogP contribution < -0.4 is 15.5 Å². The van der Waals surface area contributed by atoms with Crippen molar-refractivity contribution in [3.05, 3.63) is 64.0 Å². The minimum absolute atomic E-state index is 0.0458. The summed E-state index contributed by atoms with van der Waals surface area (Å²) in [6.45, 7) is -0.269. The van der Waals surface area contributed by atoms with Crippen molar-refractivity contribution in [1.29, 1.82) is 0 Å². The Bertz CT molecular complexity index is 1270. The van der Waals surface area contributed by atoms with Crippen molar-refractivity contribution < 1.29 is 22.4 Å². The fourth-order valence-corrected chi connectivity index (χ4v) is 5.15. The summed E-state index contributed by atoms with van der Waals surface area (Å²) in [4.78, 5) is 24.8. The molecule has 0 unspecified atom stereocenters. The molecule has 1 fully saturated rings. The van der Waals surface area contributed by atoms with Crippen molar-refractivity contribution in [3.8, 4) is 16.9 Å². The number of rotatable bonds is 5. The first kappa shape index (κ1) is 20.4. The summed E-state index contributed by atoms with van der Waals surface area (Å²) >= 11 is 5.89. The number of carbonyl (C=O) groups excluding carboxylic acids is 1. The van der Waals surface area contributed by atoms with Crippen molar-refractivity contribution in [2.75, 3.05) is 18.1 Å². The van der Waals surface area contributed by atoms with Crippen LogP contribution in [0.15, 0.2) is 57.9 Å². The van der Waals surface area contributed by atoms with Crippen molar-refractivity contribution in [3.63, 3.8) is 0 Å². The molecule has 1 atom stereocenters. The van der Waals surface area contributed by atoms with Gasteiger partial charge in [0.1, 0.15) is 17.6 Å². The van der Waals surface area contributed by atoms with Crippen molar-refractivity contribution >= 4 is 38.3 Å². The maximum Gasteiger partial charge on any atom is 0.258 e. The lowest BCUT2D eigenvalue weighted by atomic mass is 10.1. The Hall–Kier alpha value is -2.84. The second-order valence-electron chi connectivity index (χ2n) is 7.10. The minimum Gasteiger partial charge on any atom is -0.484 e. The third-order valence-corrected chi connectivity index (χ3v) is 6.89. The Morgan fingerprint density at radius 2 is 1.97 bits per heavy atom. The number of amides is 1. The monoisotopic (exact) mass is 447 g/mol. The Labute approximate surface area is 177 Å². The van der Waals surface area contributed by atoms with Gasteiger partial charge in [0.05, 0.1) is 22.5 Å². The predicted octanol–water partition coefficient (Wildman–Crippen LogP) is 2.80. The van der Waals surface area contributed by atoms with E-state index in [9.17, 15) is 18.0 Å². The van der Waals surface area contributed by atoms with E-state index in [1.807, 2.05) is 0 Å². The van der Waals surface area contributed by atoms with E-state index in [1.54, 1.807) is 36.4 Å². The summed E-state index contributed by atoms with van der Waals surface area (Å²) in [5, 5.41) is 3.61. The lowest BCUT2D eigenvalue weighted by Gasteiger charge is -2.12. The van der Waals surface area contributed by atoms with Crippen LogP contribution in [0.1, 0.15) is 6.42 Å². The Balaban J connectivity index is 1.46. The number of carbonyl (C=O) groups is 1. The van der Waals surface area contributed by atoms with Gasteiger partial charge in [0, 0.05) is 17.1 Å². The molecule has 1 N–H and O–H groups in total. The van der Waals surface area contributed by atoms with Crippen LogP contribution in [0.5, 0.6) is 5.75 Å². The molecule has 1 amide bonds. The topological polar surface area (TPSA) is 103 Å². The number of nitrogens with one attached hydrogen (secondary N) is 1. The molecular formula is C21H18ClNO6S. The highest BCUT2D eigenvalue weighted by Crippen LogP contribution is 2.24. The molecule has 3 aromatic rings. The molecule has 0 saturated carbocycles. The van der Waals surface area contributed by atoms with Crippen LogP contribution in [0.3, 0.4) is 0 Å². The molecule has 1 aromatic heterocycles. The molecule has 9 heteroatoms. The molecule has 1 aliphatic heterocycles. The van der Waals surface area contributed by atoms with E-state index in [-0.39, 0.29) is 29.6 Å².